The van der Waals surface area contributed by atoms with Gasteiger partial charge in [0, 0.05) is 16.4 Å². The molecule has 1 atom stereocenters. The van der Waals surface area contributed by atoms with E-state index >= 15 is 0 Å². The Morgan fingerprint density at radius 3 is 1.78 bits per heavy atom. The number of benzene rings is 3. The molecule has 0 saturated carbocycles. The highest BCUT2D eigenvalue weighted by molar-refractivity contribution is 7.99. The molecule has 0 aliphatic carbocycles. The maximum Gasteiger partial charge on any atom is 0.153 e. The first-order valence-corrected chi connectivity index (χ1v) is 12.2. The Hall–Kier alpha value is -2.02. The van der Waals surface area contributed by atoms with Crippen molar-refractivity contribution in [2.75, 3.05) is 11.5 Å². The van der Waals surface area contributed by atoms with Crippen molar-refractivity contribution in [3.8, 4) is 0 Å². The molecule has 3 rings (SSSR count). The van der Waals surface area contributed by atoms with Crippen LogP contribution in [-0.2, 0) is 4.57 Å². The molecular weight excluding hydrogens is 367 g/mol. The van der Waals surface area contributed by atoms with E-state index in [4.69, 9.17) is 0 Å². The Bertz CT molecular complexity index is 848. The van der Waals surface area contributed by atoms with Gasteiger partial charge in [-0.15, -0.1) is 0 Å². The molecule has 138 valence electrons. The van der Waals surface area contributed by atoms with Gasteiger partial charge in [0.25, 0.3) is 0 Å². The van der Waals surface area contributed by atoms with Crippen LogP contribution in [0.2, 0.25) is 0 Å². The van der Waals surface area contributed by atoms with Crippen LogP contribution in [0.3, 0.4) is 0 Å². The molecule has 3 aromatic carbocycles. The summed E-state index contributed by atoms with van der Waals surface area (Å²) in [7, 11) is -2.90. The monoisotopic (exact) mass is 392 g/mol. The summed E-state index contributed by atoms with van der Waals surface area (Å²) in [4.78, 5) is 0. The van der Waals surface area contributed by atoms with Crippen molar-refractivity contribution in [2.45, 2.75) is 12.6 Å². The SMILES string of the molecule is CCSCC=CC(c1ccccc1)P(=O)(c1ccccc1)c1ccccc1. The van der Waals surface area contributed by atoms with Crippen LogP contribution in [0.25, 0.3) is 0 Å². The van der Waals surface area contributed by atoms with Gasteiger partial charge in [-0.25, -0.2) is 0 Å². The fraction of sp³-hybridized carbons (Fsp3) is 0.167. The van der Waals surface area contributed by atoms with Gasteiger partial charge >= 0.3 is 0 Å². The number of hydrogen-bond acceptors (Lipinski definition) is 2. The first-order valence-electron chi connectivity index (χ1n) is 9.27. The van der Waals surface area contributed by atoms with Crippen molar-refractivity contribution >= 4 is 29.5 Å². The second-order valence-corrected chi connectivity index (χ2v) is 10.5. The first-order chi connectivity index (χ1) is 13.3. The molecule has 0 radical (unpaired) electrons. The minimum Gasteiger partial charge on any atom is -0.313 e. The van der Waals surface area contributed by atoms with Crippen molar-refractivity contribution < 1.29 is 4.57 Å². The highest BCUT2D eigenvalue weighted by atomic mass is 32.2. The summed E-state index contributed by atoms with van der Waals surface area (Å²) < 4.78 is 14.7. The third-order valence-corrected chi connectivity index (χ3v) is 8.77. The predicted molar refractivity (Wildman–Crippen MR) is 121 cm³/mol. The summed E-state index contributed by atoms with van der Waals surface area (Å²) in [5, 5.41) is 1.80. The second-order valence-electron chi connectivity index (χ2n) is 6.27. The lowest BCUT2D eigenvalue weighted by Crippen LogP contribution is -2.20. The van der Waals surface area contributed by atoms with Gasteiger partial charge in [-0.1, -0.05) is 110 Å². The Kier molecular flexibility index (Phi) is 7.15. The van der Waals surface area contributed by atoms with Gasteiger partial charge < -0.3 is 4.57 Å². The van der Waals surface area contributed by atoms with Crippen LogP contribution in [-0.4, -0.2) is 11.5 Å². The standard InChI is InChI=1S/C24H25OPS/c1-2-27-20-12-19-24(21-13-6-3-7-14-21)26(25,22-15-8-4-9-16-22)23-17-10-5-11-18-23/h3-19,24H,2,20H2,1H3. The van der Waals surface area contributed by atoms with E-state index in [0.717, 1.165) is 27.7 Å². The second kappa shape index (κ2) is 9.78. The van der Waals surface area contributed by atoms with E-state index in [1.807, 2.05) is 90.6 Å². The zero-order chi connectivity index (χ0) is 19.0. The molecule has 0 bridgehead atoms. The van der Waals surface area contributed by atoms with Crippen LogP contribution < -0.4 is 10.6 Å². The molecule has 0 saturated heterocycles. The van der Waals surface area contributed by atoms with Crippen molar-refractivity contribution in [1.82, 2.24) is 0 Å². The highest BCUT2D eigenvalue weighted by Gasteiger charge is 2.36. The number of thioether (sulfide) groups is 1. The van der Waals surface area contributed by atoms with Gasteiger partial charge in [0.2, 0.25) is 0 Å². The van der Waals surface area contributed by atoms with Crippen LogP contribution in [0.1, 0.15) is 18.1 Å². The van der Waals surface area contributed by atoms with Crippen molar-refractivity contribution in [2.24, 2.45) is 0 Å². The largest absolute Gasteiger partial charge is 0.313 e. The molecule has 0 fully saturated rings. The van der Waals surface area contributed by atoms with Crippen molar-refractivity contribution in [3.63, 3.8) is 0 Å². The molecule has 27 heavy (non-hydrogen) atoms. The van der Waals surface area contributed by atoms with Crippen LogP contribution in [0.5, 0.6) is 0 Å². The van der Waals surface area contributed by atoms with Crippen LogP contribution in [0, 0.1) is 0 Å². The van der Waals surface area contributed by atoms with Gasteiger partial charge in [-0.3, -0.25) is 0 Å². The summed E-state index contributed by atoms with van der Waals surface area (Å²) >= 11 is 1.87. The Morgan fingerprint density at radius 2 is 1.30 bits per heavy atom. The van der Waals surface area contributed by atoms with Gasteiger partial charge in [0.15, 0.2) is 7.14 Å². The number of rotatable bonds is 8. The zero-order valence-electron chi connectivity index (χ0n) is 15.6. The first kappa shape index (κ1) is 19.7. The molecule has 0 amide bonds. The molecule has 1 unspecified atom stereocenters. The molecule has 0 aliphatic heterocycles. The van der Waals surface area contributed by atoms with Crippen LogP contribution in [0.15, 0.2) is 103 Å². The molecule has 1 nitrogen and oxygen atoms in total. The average molecular weight is 393 g/mol. The van der Waals surface area contributed by atoms with E-state index in [2.05, 4.69) is 31.2 Å². The quantitative estimate of drug-likeness (QED) is 0.264. The lowest BCUT2D eigenvalue weighted by atomic mass is 10.1. The van der Waals surface area contributed by atoms with Gasteiger partial charge in [0.05, 0.1) is 5.66 Å². The fourth-order valence-electron chi connectivity index (χ4n) is 3.23. The average Bonchev–Trinajstić information content (AvgIpc) is 2.75. The molecule has 0 aromatic heterocycles. The molecule has 0 N–H and O–H groups in total. The Labute approximate surface area is 166 Å². The molecule has 3 heteroatoms. The minimum atomic E-state index is -2.90. The highest BCUT2D eigenvalue weighted by Crippen LogP contribution is 2.57. The van der Waals surface area contributed by atoms with Crippen molar-refractivity contribution in [1.29, 1.82) is 0 Å². The zero-order valence-corrected chi connectivity index (χ0v) is 17.3. The number of allylic oxidation sites excluding steroid dienone is 1. The van der Waals surface area contributed by atoms with E-state index in [1.54, 1.807) is 0 Å². The predicted octanol–water partition coefficient (Wildman–Crippen LogP) is 6.05. The molecule has 3 aromatic rings. The molecular formula is C24H25OPS. The van der Waals surface area contributed by atoms with E-state index < -0.39 is 7.14 Å². The van der Waals surface area contributed by atoms with E-state index in [1.165, 1.54) is 0 Å². The molecule has 0 spiro atoms. The van der Waals surface area contributed by atoms with Crippen molar-refractivity contribution in [3.05, 3.63) is 109 Å². The third-order valence-electron chi connectivity index (χ3n) is 4.55. The third kappa shape index (κ3) is 4.64. The lowest BCUT2D eigenvalue weighted by molar-refractivity contribution is 0.583. The van der Waals surface area contributed by atoms with Gasteiger partial charge in [-0.05, 0) is 11.3 Å². The van der Waals surface area contributed by atoms with E-state index in [-0.39, 0.29) is 5.66 Å². The Balaban J connectivity index is 2.16. The minimum absolute atomic E-state index is 0.180. The summed E-state index contributed by atoms with van der Waals surface area (Å²) in [5.74, 6) is 2.01. The lowest BCUT2D eigenvalue weighted by Gasteiger charge is -2.27. The molecule has 0 heterocycles. The van der Waals surface area contributed by atoms with Gasteiger partial charge in [-0.2, -0.15) is 11.8 Å². The van der Waals surface area contributed by atoms with E-state index in [9.17, 15) is 4.57 Å². The normalized spacial score (nSPS) is 12.9. The molecule has 0 aliphatic rings. The fourth-order valence-corrected chi connectivity index (χ4v) is 6.84. The van der Waals surface area contributed by atoms with E-state index in [0.29, 0.717) is 0 Å². The summed E-state index contributed by atoms with van der Waals surface area (Å²) in [6, 6.07) is 30.1. The topological polar surface area (TPSA) is 17.1 Å². The summed E-state index contributed by atoms with van der Waals surface area (Å²) in [5.41, 5.74) is 0.909. The Morgan fingerprint density at radius 1 is 0.815 bits per heavy atom. The van der Waals surface area contributed by atoms with Crippen LogP contribution in [0.4, 0.5) is 0 Å². The maximum absolute atomic E-state index is 14.7. The summed E-state index contributed by atoms with van der Waals surface area (Å²) in [6.45, 7) is 2.16. The van der Waals surface area contributed by atoms with Crippen LogP contribution >= 0.6 is 18.9 Å². The smallest absolute Gasteiger partial charge is 0.153 e. The summed E-state index contributed by atoms with van der Waals surface area (Å²) in [6.07, 6.45) is 4.32. The van der Waals surface area contributed by atoms with Gasteiger partial charge in [0.1, 0.15) is 0 Å². The number of hydrogen-bond donors (Lipinski definition) is 0. The maximum atomic E-state index is 14.7.